The lowest BCUT2D eigenvalue weighted by Crippen LogP contribution is -2.14. The van der Waals surface area contributed by atoms with E-state index in [0.717, 1.165) is 33.5 Å². The van der Waals surface area contributed by atoms with Gasteiger partial charge in [-0.1, -0.05) is 72.8 Å². The molecule has 0 atom stereocenters. The van der Waals surface area contributed by atoms with Crippen LogP contribution in [0, 0.1) is 6.92 Å². The maximum Gasteiger partial charge on any atom is 0.310 e. The molecule has 1 amide bonds. The number of ether oxygens (including phenoxy) is 2. The molecule has 0 saturated heterocycles. The fourth-order valence-corrected chi connectivity index (χ4v) is 4.86. The largest absolute Gasteiger partial charge is 0.466 e. The van der Waals surface area contributed by atoms with Gasteiger partial charge in [-0.15, -0.1) is 0 Å². The normalized spacial score (nSPS) is 11.4. The number of anilines is 3. The molecule has 8 nitrogen and oxygen atoms in total. The number of nitrogens with one attached hydrogen (secondary N) is 2. The number of aryl methyl sites for hydroxylation is 1. The van der Waals surface area contributed by atoms with Gasteiger partial charge in [-0.2, -0.15) is 4.98 Å². The van der Waals surface area contributed by atoms with Crippen molar-refractivity contribution in [1.82, 2.24) is 4.98 Å². The van der Waals surface area contributed by atoms with Gasteiger partial charge in [0.2, 0.25) is 5.91 Å². The van der Waals surface area contributed by atoms with Crippen LogP contribution in [0.4, 0.5) is 17.4 Å². The van der Waals surface area contributed by atoms with Gasteiger partial charge in [0.05, 0.1) is 32.7 Å². The number of carbonyl (C=O) groups excluding carboxylic acids is 2. The van der Waals surface area contributed by atoms with Crippen molar-refractivity contribution < 1.29 is 23.5 Å². The summed E-state index contributed by atoms with van der Waals surface area (Å²) in [5.74, 6) is -0.439. The molecule has 0 bridgehead atoms. The van der Waals surface area contributed by atoms with Gasteiger partial charge in [-0.3, -0.25) is 9.59 Å². The Morgan fingerprint density at radius 3 is 2.47 bits per heavy atom. The van der Waals surface area contributed by atoms with E-state index in [-0.39, 0.29) is 24.7 Å². The number of esters is 1. The van der Waals surface area contributed by atoms with Crippen LogP contribution in [0.2, 0.25) is 0 Å². The molecule has 5 aromatic rings. The number of fused-ring (bicyclic) bond motifs is 1. The summed E-state index contributed by atoms with van der Waals surface area (Å²) in [4.78, 5) is 29.7. The Balaban J connectivity index is 1.18. The predicted octanol–water partition coefficient (Wildman–Crippen LogP) is 8.00. The Hall–Kier alpha value is -5.21. The highest BCUT2D eigenvalue weighted by atomic mass is 16.5. The van der Waals surface area contributed by atoms with E-state index in [2.05, 4.69) is 15.6 Å². The Morgan fingerprint density at radius 2 is 1.69 bits per heavy atom. The summed E-state index contributed by atoms with van der Waals surface area (Å²) in [6, 6.07) is 31.3. The average Bonchev–Trinajstić information content (AvgIpc) is 3.44. The molecule has 230 valence electrons. The summed E-state index contributed by atoms with van der Waals surface area (Å²) in [5, 5.41) is 6.17. The topological polar surface area (TPSA) is 103 Å². The van der Waals surface area contributed by atoms with E-state index in [0.29, 0.717) is 49.0 Å². The molecule has 5 rings (SSSR count). The minimum absolute atomic E-state index is 0.155. The summed E-state index contributed by atoms with van der Waals surface area (Å²) in [5.41, 5.74) is 7.64. The lowest BCUT2D eigenvalue weighted by Gasteiger charge is -2.11. The number of oxazole rings is 1. The first-order valence-electron chi connectivity index (χ1n) is 15.1. The van der Waals surface area contributed by atoms with Crippen LogP contribution in [0.3, 0.4) is 0 Å². The zero-order valence-electron chi connectivity index (χ0n) is 25.5. The molecule has 0 spiro atoms. The van der Waals surface area contributed by atoms with Gasteiger partial charge in [0.1, 0.15) is 5.52 Å². The lowest BCUT2D eigenvalue weighted by atomic mass is 10.0. The van der Waals surface area contributed by atoms with Crippen LogP contribution in [-0.2, 0) is 32.1 Å². The first kappa shape index (κ1) is 31.2. The van der Waals surface area contributed by atoms with Crippen molar-refractivity contribution in [1.29, 1.82) is 0 Å². The molecule has 1 aromatic heterocycles. The maximum atomic E-state index is 12.9. The fraction of sp³-hybridized carbons (Fsp3) is 0.216. The maximum absolute atomic E-state index is 12.9. The number of rotatable bonds is 14. The predicted molar refractivity (Wildman–Crippen MR) is 177 cm³/mol. The third-order valence-electron chi connectivity index (χ3n) is 7.15. The van der Waals surface area contributed by atoms with E-state index < -0.39 is 0 Å². The number of hydrogen-bond acceptors (Lipinski definition) is 7. The van der Waals surface area contributed by atoms with Crippen molar-refractivity contribution in [2.45, 2.75) is 39.7 Å². The van der Waals surface area contributed by atoms with E-state index >= 15 is 0 Å². The molecule has 0 aliphatic heterocycles. The summed E-state index contributed by atoms with van der Waals surface area (Å²) in [6.45, 7) is 5.20. The second-order valence-electron chi connectivity index (χ2n) is 10.6. The minimum Gasteiger partial charge on any atom is -0.466 e. The molecule has 0 saturated carbocycles. The molecule has 0 radical (unpaired) electrons. The third-order valence-corrected chi connectivity index (χ3v) is 7.15. The Morgan fingerprint density at radius 1 is 0.911 bits per heavy atom. The van der Waals surface area contributed by atoms with Gasteiger partial charge in [0, 0.05) is 11.4 Å². The quantitative estimate of drug-likeness (QED) is 0.0979. The van der Waals surface area contributed by atoms with Crippen molar-refractivity contribution >= 4 is 45.9 Å². The molecule has 0 aliphatic rings. The molecule has 1 heterocycles. The van der Waals surface area contributed by atoms with Gasteiger partial charge < -0.3 is 24.5 Å². The average molecular weight is 604 g/mol. The van der Waals surface area contributed by atoms with Crippen molar-refractivity contribution in [3.8, 4) is 0 Å². The molecule has 4 aromatic carbocycles. The second-order valence-corrected chi connectivity index (χ2v) is 10.6. The van der Waals surface area contributed by atoms with Crippen LogP contribution in [0.15, 0.2) is 108 Å². The fourth-order valence-electron chi connectivity index (χ4n) is 4.86. The van der Waals surface area contributed by atoms with Gasteiger partial charge in [0.15, 0.2) is 5.58 Å². The smallest absolute Gasteiger partial charge is 0.310 e. The molecule has 2 N–H and O–H groups in total. The van der Waals surface area contributed by atoms with Crippen LogP contribution < -0.4 is 10.6 Å². The second kappa shape index (κ2) is 15.5. The van der Waals surface area contributed by atoms with Crippen LogP contribution in [-0.4, -0.2) is 30.1 Å². The monoisotopic (exact) mass is 603 g/mol. The van der Waals surface area contributed by atoms with Crippen LogP contribution in [0.25, 0.3) is 16.7 Å². The SMILES string of the molecule is CCOC(=O)CC(=CCCOCc1ccccc1)c1ccc(NC(=O)Cc2ccc3nc(Nc4ccccc4C)oc3c2)cc1. The summed E-state index contributed by atoms with van der Waals surface area (Å²) in [6.07, 6.45) is 3.00. The van der Waals surface area contributed by atoms with E-state index in [4.69, 9.17) is 13.9 Å². The van der Waals surface area contributed by atoms with Gasteiger partial charge in [-0.05, 0) is 78.4 Å². The zero-order valence-corrected chi connectivity index (χ0v) is 25.5. The van der Waals surface area contributed by atoms with Crippen molar-refractivity contribution in [3.63, 3.8) is 0 Å². The number of amides is 1. The Kier molecular flexibility index (Phi) is 10.8. The van der Waals surface area contributed by atoms with E-state index in [1.165, 1.54) is 0 Å². The summed E-state index contributed by atoms with van der Waals surface area (Å²) in [7, 11) is 0. The Labute approximate surface area is 263 Å². The number of carbonyl (C=O) groups is 2. The van der Waals surface area contributed by atoms with E-state index in [9.17, 15) is 9.59 Å². The zero-order chi connectivity index (χ0) is 31.4. The molecule has 0 fully saturated rings. The van der Waals surface area contributed by atoms with Gasteiger partial charge >= 0.3 is 5.97 Å². The first-order valence-corrected chi connectivity index (χ1v) is 15.1. The highest BCUT2D eigenvalue weighted by Crippen LogP contribution is 2.26. The number of para-hydroxylation sites is 1. The van der Waals surface area contributed by atoms with Crippen molar-refractivity contribution in [2.75, 3.05) is 23.8 Å². The standard InChI is InChI=1S/C37H37N3O5/c1-3-44-36(42)24-30(13-9-21-43-25-27-11-5-4-6-12-27)29-16-18-31(19-17-29)38-35(41)23-28-15-20-33-34(22-28)45-37(40-33)39-32-14-8-7-10-26(32)2/h4-8,10-20,22H,3,9,21,23-25H2,1-2H3,(H,38,41)(H,39,40). The first-order chi connectivity index (χ1) is 22.0. The summed E-state index contributed by atoms with van der Waals surface area (Å²) < 4.78 is 16.9. The van der Waals surface area contributed by atoms with Crippen LogP contribution in [0.1, 0.15) is 42.0 Å². The molecule has 0 aliphatic carbocycles. The van der Waals surface area contributed by atoms with Crippen LogP contribution >= 0.6 is 0 Å². The van der Waals surface area contributed by atoms with Crippen molar-refractivity contribution in [2.24, 2.45) is 0 Å². The number of aromatic nitrogens is 1. The minimum atomic E-state index is -0.284. The highest BCUT2D eigenvalue weighted by Gasteiger charge is 2.12. The number of hydrogen-bond donors (Lipinski definition) is 2. The third kappa shape index (κ3) is 9.14. The van der Waals surface area contributed by atoms with Gasteiger partial charge in [0.25, 0.3) is 6.01 Å². The molecule has 8 heteroatoms. The molecular weight excluding hydrogens is 566 g/mol. The van der Waals surface area contributed by atoms with E-state index in [1.54, 1.807) is 6.92 Å². The van der Waals surface area contributed by atoms with Crippen molar-refractivity contribution in [3.05, 3.63) is 125 Å². The molecular formula is C37H37N3O5. The van der Waals surface area contributed by atoms with E-state index in [1.807, 2.05) is 110 Å². The van der Waals surface area contributed by atoms with Gasteiger partial charge in [-0.25, -0.2) is 0 Å². The molecule has 45 heavy (non-hydrogen) atoms. The highest BCUT2D eigenvalue weighted by molar-refractivity contribution is 5.93. The Bertz CT molecular complexity index is 1760. The number of benzene rings is 4. The molecule has 0 unspecified atom stereocenters. The summed E-state index contributed by atoms with van der Waals surface area (Å²) >= 11 is 0. The number of nitrogens with zero attached hydrogens (tertiary/aromatic N) is 1. The van der Waals surface area contributed by atoms with Crippen LogP contribution in [0.5, 0.6) is 0 Å². The lowest BCUT2D eigenvalue weighted by molar-refractivity contribution is -0.141.